The molecule has 0 aliphatic heterocycles. The number of aryl methyl sites for hydroxylation is 2. The molecule has 29 heavy (non-hydrogen) atoms. The Kier molecular flexibility index (Phi) is 8.45. The molecule has 156 valence electrons. The second-order valence-corrected chi connectivity index (χ2v) is 8.66. The summed E-state index contributed by atoms with van der Waals surface area (Å²) in [4.78, 5) is 27.7. The third-order valence-corrected chi connectivity index (χ3v) is 5.81. The summed E-state index contributed by atoms with van der Waals surface area (Å²) < 4.78 is 0.983. The highest BCUT2D eigenvalue weighted by molar-refractivity contribution is 9.10. The fourth-order valence-electron chi connectivity index (χ4n) is 3.09. The van der Waals surface area contributed by atoms with Gasteiger partial charge in [0.2, 0.25) is 11.8 Å². The van der Waals surface area contributed by atoms with Crippen molar-refractivity contribution in [1.29, 1.82) is 0 Å². The maximum atomic E-state index is 13.3. The Bertz CT molecular complexity index is 848. The Hall–Kier alpha value is -2.14. The number of carbonyl (C=O) groups excluding carboxylic acids is 2. The molecule has 2 aromatic carbocycles. The molecule has 1 N–H and O–H groups in total. The largest absolute Gasteiger partial charge is 0.352 e. The lowest BCUT2D eigenvalue weighted by Crippen LogP contribution is -2.49. The molecule has 0 saturated heterocycles. The lowest BCUT2D eigenvalue weighted by Gasteiger charge is -2.30. The summed E-state index contributed by atoms with van der Waals surface area (Å²) in [6.07, 6.45) is 1.13. The molecule has 2 aromatic rings. The van der Waals surface area contributed by atoms with Crippen molar-refractivity contribution in [1.82, 2.24) is 10.2 Å². The van der Waals surface area contributed by atoms with Gasteiger partial charge in [0, 0.05) is 17.1 Å². The van der Waals surface area contributed by atoms with Crippen LogP contribution in [0.5, 0.6) is 0 Å². The van der Waals surface area contributed by atoms with Gasteiger partial charge < -0.3 is 10.2 Å². The third-order valence-electron chi connectivity index (χ3n) is 5.28. The molecule has 2 amide bonds. The van der Waals surface area contributed by atoms with Crippen molar-refractivity contribution < 1.29 is 9.59 Å². The number of amides is 2. The standard InChI is InChI=1S/C24H31BrN2O2/c1-6-18(4)26-24(29)19(5)27(15-20-9-11-22(25)12-10-20)23(28)14-21-13-16(2)7-8-17(21)3/h7-13,18-19H,6,14-15H2,1-5H3,(H,26,29). The molecule has 0 aromatic heterocycles. The predicted octanol–water partition coefficient (Wildman–Crippen LogP) is 4.94. The van der Waals surface area contributed by atoms with Crippen LogP contribution >= 0.6 is 15.9 Å². The summed E-state index contributed by atoms with van der Waals surface area (Å²) in [5.74, 6) is -0.167. The van der Waals surface area contributed by atoms with E-state index in [0.717, 1.165) is 33.1 Å². The Morgan fingerprint density at radius 1 is 1.07 bits per heavy atom. The Morgan fingerprint density at radius 2 is 1.72 bits per heavy atom. The summed E-state index contributed by atoms with van der Waals surface area (Å²) in [5, 5.41) is 3.00. The maximum Gasteiger partial charge on any atom is 0.242 e. The van der Waals surface area contributed by atoms with Gasteiger partial charge in [-0.1, -0.05) is 58.7 Å². The minimum atomic E-state index is -0.551. The highest BCUT2D eigenvalue weighted by Gasteiger charge is 2.27. The Balaban J connectivity index is 2.26. The molecule has 2 atom stereocenters. The topological polar surface area (TPSA) is 49.4 Å². The normalized spacial score (nSPS) is 12.9. The average Bonchev–Trinajstić information content (AvgIpc) is 2.69. The summed E-state index contributed by atoms with van der Waals surface area (Å²) in [5.41, 5.74) is 4.21. The number of hydrogen-bond acceptors (Lipinski definition) is 2. The van der Waals surface area contributed by atoms with Gasteiger partial charge in [0.05, 0.1) is 6.42 Å². The van der Waals surface area contributed by atoms with Crippen LogP contribution in [0, 0.1) is 13.8 Å². The number of nitrogens with zero attached hydrogens (tertiary/aromatic N) is 1. The maximum absolute atomic E-state index is 13.3. The number of benzene rings is 2. The zero-order valence-electron chi connectivity index (χ0n) is 18.0. The van der Waals surface area contributed by atoms with Gasteiger partial charge in [0.15, 0.2) is 0 Å². The van der Waals surface area contributed by atoms with E-state index in [1.807, 2.05) is 64.1 Å². The first-order valence-electron chi connectivity index (χ1n) is 10.1. The van der Waals surface area contributed by atoms with Crippen LogP contribution in [0.4, 0.5) is 0 Å². The van der Waals surface area contributed by atoms with E-state index in [-0.39, 0.29) is 24.3 Å². The van der Waals surface area contributed by atoms with Gasteiger partial charge >= 0.3 is 0 Å². The molecular weight excluding hydrogens is 428 g/mol. The van der Waals surface area contributed by atoms with Gasteiger partial charge in [-0.25, -0.2) is 0 Å². The van der Waals surface area contributed by atoms with Crippen molar-refractivity contribution in [2.45, 2.75) is 66.1 Å². The van der Waals surface area contributed by atoms with E-state index in [9.17, 15) is 9.59 Å². The van der Waals surface area contributed by atoms with E-state index in [1.165, 1.54) is 0 Å². The van der Waals surface area contributed by atoms with E-state index in [4.69, 9.17) is 0 Å². The van der Waals surface area contributed by atoms with E-state index >= 15 is 0 Å². The van der Waals surface area contributed by atoms with Crippen molar-refractivity contribution in [3.8, 4) is 0 Å². The van der Waals surface area contributed by atoms with Crippen LogP contribution in [-0.2, 0) is 22.6 Å². The predicted molar refractivity (Wildman–Crippen MR) is 122 cm³/mol. The minimum absolute atomic E-state index is 0.0478. The van der Waals surface area contributed by atoms with Crippen LogP contribution in [0.3, 0.4) is 0 Å². The number of carbonyl (C=O) groups is 2. The molecule has 2 rings (SSSR count). The van der Waals surface area contributed by atoms with Gasteiger partial charge in [-0.3, -0.25) is 9.59 Å². The lowest BCUT2D eigenvalue weighted by molar-refractivity contribution is -0.140. The van der Waals surface area contributed by atoms with Crippen molar-refractivity contribution in [3.63, 3.8) is 0 Å². The van der Waals surface area contributed by atoms with E-state index < -0.39 is 6.04 Å². The van der Waals surface area contributed by atoms with Gasteiger partial charge in [-0.2, -0.15) is 0 Å². The smallest absolute Gasteiger partial charge is 0.242 e. The van der Waals surface area contributed by atoms with Gasteiger partial charge in [0.1, 0.15) is 6.04 Å². The molecule has 0 spiro atoms. The van der Waals surface area contributed by atoms with Gasteiger partial charge in [-0.15, -0.1) is 0 Å². The van der Waals surface area contributed by atoms with E-state index in [0.29, 0.717) is 6.54 Å². The summed E-state index contributed by atoms with van der Waals surface area (Å²) >= 11 is 3.44. The fourth-order valence-corrected chi connectivity index (χ4v) is 3.35. The van der Waals surface area contributed by atoms with Gasteiger partial charge in [-0.05, 0) is 62.9 Å². The Labute approximate surface area is 182 Å². The monoisotopic (exact) mass is 458 g/mol. The molecule has 0 saturated carbocycles. The molecule has 0 heterocycles. The Morgan fingerprint density at radius 3 is 2.34 bits per heavy atom. The van der Waals surface area contributed by atoms with Crippen molar-refractivity contribution in [2.24, 2.45) is 0 Å². The molecule has 0 aliphatic carbocycles. The number of nitrogens with one attached hydrogen (secondary N) is 1. The summed E-state index contributed by atoms with van der Waals surface area (Å²) in [6.45, 7) is 10.2. The van der Waals surface area contributed by atoms with Crippen LogP contribution < -0.4 is 5.32 Å². The zero-order chi connectivity index (χ0) is 21.6. The van der Waals surface area contributed by atoms with Crippen LogP contribution in [-0.4, -0.2) is 28.8 Å². The van der Waals surface area contributed by atoms with Crippen LogP contribution in [0.15, 0.2) is 46.9 Å². The SMILES string of the molecule is CCC(C)NC(=O)C(C)N(Cc1ccc(Br)cc1)C(=O)Cc1cc(C)ccc1C. The second kappa shape index (κ2) is 10.6. The molecule has 0 radical (unpaired) electrons. The molecule has 5 heteroatoms. The first-order chi connectivity index (χ1) is 13.7. The van der Waals surface area contributed by atoms with E-state index in [1.54, 1.807) is 11.8 Å². The number of halogens is 1. The average molecular weight is 459 g/mol. The summed E-state index contributed by atoms with van der Waals surface area (Å²) in [6, 6.07) is 13.5. The molecule has 0 fully saturated rings. The molecular formula is C24H31BrN2O2. The second-order valence-electron chi connectivity index (χ2n) is 7.75. The van der Waals surface area contributed by atoms with E-state index in [2.05, 4.69) is 27.3 Å². The zero-order valence-corrected chi connectivity index (χ0v) is 19.5. The molecule has 0 bridgehead atoms. The first-order valence-corrected chi connectivity index (χ1v) is 10.9. The molecule has 2 unspecified atom stereocenters. The first kappa shape index (κ1) is 23.1. The highest BCUT2D eigenvalue weighted by Crippen LogP contribution is 2.17. The van der Waals surface area contributed by atoms with Crippen molar-refractivity contribution in [3.05, 3.63) is 69.2 Å². The van der Waals surface area contributed by atoms with Crippen LogP contribution in [0.1, 0.15) is 49.4 Å². The molecule has 0 aliphatic rings. The molecule has 4 nitrogen and oxygen atoms in total. The summed E-state index contributed by atoms with van der Waals surface area (Å²) in [7, 11) is 0. The van der Waals surface area contributed by atoms with Crippen molar-refractivity contribution >= 4 is 27.7 Å². The highest BCUT2D eigenvalue weighted by atomic mass is 79.9. The van der Waals surface area contributed by atoms with Crippen LogP contribution in [0.25, 0.3) is 0 Å². The van der Waals surface area contributed by atoms with Crippen molar-refractivity contribution in [2.75, 3.05) is 0 Å². The lowest BCUT2D eigenvalue weighted by atomic mass is 10.0. The third kappa shape index (κ3) is 6.70. The number of rotatable bonds is 8. The fraction of sp³-hybridized carbons (Fsp3) is 0.417. The van der Waals surface area contributed by atoms with Gasteiger partial charge in [0.25, 0.3) is 0 Å². The minimum Gasteiger partial charge on any atom is -0.352 e. The van der Waals surface area contributed by atoms with Crippen LogP contribution in [0.2, 0.25) is 0 Å². The number of hydrogen-bond donors (Lipinski definition) is 1. The quantitative estimate of drug-likeness (QED) is 0.608.